The van der Waals surface area contributed by atoms with Crippen LogP contribution in [0.2, 0.25) is 0 Å². The van der Waals surface area contributed by atoms with Gasteiger partial charge in [-0.2, -0.15) is 0 Å². The summed E-state index contributed by atoms with van der Waals surface area (Å²) in [5, 5.41) is 9.71. The van der Waals surface area contributed by atoms with Crippen LogP contribution in [0.5, 0.6) is 0 Å². The van der Waals surface area contributed by atoms with Crippen LogP contribution in [0.1, 0.15) is 18.9 Å². The number of carbonyl (C=O) groups is 1. The lowest BCUT2D eigenvalue weighted by atomic mass is 9.86. The first-order valence-electron chi connectivity index (χ1n) is 19.1. The average molecular weight is 735 g/mol. The molecule has 8 rings (SSSR count). The predicted octanol–water partition coefficient (Wildman–Crippen LogP) is 11.3. The van der Waals surface area contributed by atoms with Gasteiger partial charge in [-0.1, -0.05) is 97.1 Å². The van der Waals surface area contributed by atoms with Crippen molar-refractivity contribution >= 4 is 17.2 Å². The summed E-state index contributed by atoms with van der Waals surface area (Å²) < 4.78 is 0. The van der Waals surface area contributed by atoms with E-state index in [4.69, 9.17) is 0 Å². The highest BCUT2D eigenvalue weighted by Gasteiger charge is 2.17. The molecule has 2 aliphatic heterocycles. The number of aryl methyl sites for hydroxylation is 1. The zero-order chi connectivity index (χ0) is 38.6. The van der Waals surface area contributed by atoms with Crippen LogP contribution in [0.3, 0.4) is 0 Å². The van der Waals surface area contributed by atoms with Crippen LogP contribution in [-0.4, -0.2) is 48.1 Å². The molecule has 2 aliphatic rings. The molecule has 0 atom stereocenters. The minimum Gasteiger partial charge on any atom is -0.512 e. The van der Waals surface area contributed by atoms with Crippen molar-refractivity contribution in [1.29, 1.82) is 0 Å². The third kappa shape index (κ3) is 7.87. The van der Waals surface area contributed by atoms with Gasteiger partial charge in [-0.25, -0.2) is 0 Å². The molecule has 0 saturated carbocycles. The van der Waals surface area contributed by atoms with Crippen molar-refractivity contribution < 1.29 is 9.90 Å². The average Bonchev–Trinajstić information content (AvgIpc) is 3.88. The fraction of sp³-hybridized carbons (Fsp3) is 0.140. The molecule has 278 valence electrons. The van der Waals surface area contributed by atoms with E-state index in [2.05, 4.69) is 192 Å². The first kappa shape index (κ1) is 36.2. The van der Waals surface area contributed by atoms with Crippen LogP contribution in [0, 0.1) is 0 Å². The van der Waals surface area contributed by atoms with E-state index in [9.17, 15) is 9.90 Å². The van der Waals surface area contributed by atoms with Crippen molar-refractivity contribution in [1.82, 2.24) is 9.80 Å². The number of nitrogens with zero attached hydrogens (tertiary/aromatic N) is 4. The van der Waals surface area contributed by atoms with Gasteiger partial charge in [0.15, 0.2) is 5.78 Å². The van der Waals surface area contributed by atoms with E-state index in [0.29, 0.717) is 12.8 Å². The molecule has 56 heavy (non-hydrogen) atoms. The van der Waals surface area contributed by atoms with Crippen LogP contribution < -0.4 is 9.80 Å². The van der Waals surface area contributed by atoms with Crippen LogP contribution in [0.15, 0.2) is 176 Å². The first-order valence-corrected chi connectivity index (χ1v) is 19.1. The molecule has 0 unspecified atom stereocenters. The van der Waals surface area contributed by atoms with Gasteiger partial charge in [0, 0.05) is 62.8 Å². The van der Waals surface area contributed by atoms with Crippen LogP contribution in [0.4, 0.5) is 11.4 Å². The summed E-state index contributed by atoms with van der Waals surface area (Å²) in [5.41, 5.74) is 14.7. The van der Waals surface area contributed by atoms with Gasteiger partial charge in [0.25, 0.3) is 0 Å². The topological polar surface area (TPSA) is 50.3 Å². The molecule has 1 N–H and O–H groups in total. The van der Waals surface area contributed by atoms with Gasteiger partial charge in [0.2, 0.25) is 0 Å². The van der Waals surface area contributed by atoms with Gasteiger partial charge in [-0.3, -0.25) is 4.79 Å². The Morgan fingerprint density at radius 2 is 0.929 bits per heavy atom. The standard InChI is InChI=1S/C50H46N4O2/c1-36(55)30-45(56)25-20-37-10-4-5-11-46(37)40-31-41(49-14-8-6-12-47(49)38-16-21-43(22-17-38)53-28-26-51(2)34-53)33-42(32-40)50-15-9-7-13-48(50)39-18-23-44(24-19-39)54-29-27-52(3)35-54/h4-19,21-24,26-33,55H,20,25,34-35H2,1-3H3/b36-30-. The van der Waals surface area contributed by atoms with Crippen molar-refractivity contribution in [2.24, 2.45) is 0 Å². The molecular weight excluding hydrogens is 689 g/mol. The highest BCUT2D eigenvalue weighted by molar-refractivity contribution is 5.93. The second kappa shape index (κ2) is 15.9. The van der Waals surface area contributed by atoms with Gasteiger partial charge >= 0.3 is 0 Å². The smallest absolute Gasteiger partial charge is 0.159 e. The van der Waals surface area contributed by atoms with Gasteiger partial charge < -0.3 is 24.7 Å². The lowest BCUT2D eigenvalue weighted by Gasteiger charge is -2.20. The molecular formula is C50H46N4O2. The molecule has 0 radical (unpaired) electrons. The Hall–Kier alpha value is -6.79. The number of carbonyl (C=O) groups excluding carboxylic acids is 1. The number of anilines is 2. The third-order valence-electron chi connectivity index (χ3n) is 10.5. The number of aliphatic hydroxyl groups excluding tert-OH is 1. The fourth-order valence-corrected chi connectivity index (χ4v) is 7.71. The Morgan fingerprint density at radius 1 is 0.536 bits per heavy atom. The first-order chi connectivity index (χ1) is 27.3. The zero-order valence-electron chi connectivity index (χ0n) is 32.1. The minimum absolute atomic E-state index is 0.0308. The monoisotopic (exact) mass is 734 g/mol. The Kier molecular flexibility index (Phi) is 10.3. The van der Waals surface area contributed by atoms with Crippen molar-refractivity contribution in [2.45, 2.75) is 19.8 Å². The molecule has 6 nitrogen and oxygen atoms in total. The highest BCUT2D eigenvalue weighted by Crippen LogP contribution is 2.41. The molecule has 6 heteroatoms. The molecule has 0 saturated heterocycles. The summed E-state index contributed by atoms with van der Waals surface area (Å²) >= 11 is 0. The summed E-state index contributed by atoms with van der Waals surface area (Å²) in [6.45, 7) is 3.19. The largest absolute Gasteiger partial charge is 0.512 e. The number of ketones is 1. The number of benzene rings is 6. The van der Waals surface area contributed by atoms with Gasteiger partial charge in [0.05, 0.1) is 19.1 Å². The summed E-state index contributed by atoms with van der Waals surface area (Å²) in [5.74, 6) is -0.0575. The van der Waals surface area contributed by atoms with Gasteiger partial charge in [-0.05, 0) is 117 Å². The molecule has 6 aromatic rings. The minimum atomic E-state index is -0.0883. The number of aliphatic hydroxyl groups is 1. The number of rotatable bonds is 11. The maximum Gasteiger partial charge on any atom is 0.159 e. The summed E-state index contributed by atoms with van der Waals surface area (Å²) in [4.78, 5) is 21.5. The van der Waals surface area contributed by atoms with E-state index < -0.39 is 0 Å². The van der Waals surface area contributed by atoms with E-state index in [-0.39, 0.29) is 11.5 Å². The van der Waals surface area contributed by atoms with Crippen LogP contribution in [0.25, 0.3) is 55.6 Å². The highest BCUT2D eigenvalue weighted by atomic mass is 16.3. The second-order valence-corrected chi connectivity index (χ2v) is 14.7. The predicted molar refractivity (Wildman–Crippen MR) is 232 cm³/mol. The van der Waals surface area contributed by atoms with E-state index in [1.807, 2.05) is 6.07 Å². The molecule has 0 aromatic heterocycles. The molecule has 0 amide bonds. The van der Waals surface area contributed by atoms with Gasteiger partial charge in [0.1, 0.15) is 0 Å². The number of allylic oxidation sites excluding steroid dienone is 2. The van der Waals surface area contributed by atoms with E-state index in [1.165, 1.54) is 13.0 Å². The third-order valence-corrected chi connectivity index (χ3v) is 10.5. The summed E-state index contributed by atoms with van der Waals surface area (Å²) in [6, 6.07) is 50.2. The van der Waals surface area contributed by atoms with E-state index in [1.54, 1.807) is 0 Å². The summed E-state index contributed by atoms with van der Waals surface area (Å²) in [6.07, 6.45) is 10.6. The van der Waals surface area contributed by atoms with Crippen LogP contribution in [-0.2, 0) is 11.2 Å². The summed E-state index contributed by atoms with van der Waals surface area (Å²) in [7, 11) is 4.16. The van der Waals surface area contributed by atoms with E-state index in [0.717, 1.165) is 85.9 Å². The van der Waals surface area contributed by atoms with E-state index >= 15 is 0 Å². The van der Waals surface area contributed by atoms with Crippen molar-refractivity contribution in [3.8, 4) is 55.6 Å². The lowest BCUT2D eigenvalue weighted by Crippen LogP contribution is -2.21. The van der Waals surface area contributed by atoms with Gasteiger partial charge in [-0.15, -0.1) is 0 Å². The molecule has 0 spiro atoms. The number of hydrogen-bond donors (Lipinski definition) is 1. The SMILES string of the molecule is C/C(O)=C/C(=O)CCc1ccccc1-c1cc(-c2ccccc2-c2ccc(N3C=CN(C)C3)cc2)cc(-c2ccccc2-c2ccc(N3C=CN(C)C3)cc2)c1. The molecule has 0 aliphatic carbocycles. The Labute approximate surface area is 330 Å². The lowest BCUT2D eigenvalue weighted by molar-refractivity contribution is -0.114. The normalized spacial score (nSPS) is 13.9. The molecule has 0 bridgehead atoms. The Morgan fingerprint density at radius 3 is 1.34 bits per heavy atom. The second-order valence-electron chi connectivity index (χ2n) is 14.7. The van der Waals surface area contributed by atoms with Crippen molar-refractivity contribution in [2.75, 3.05) is 37.2 Å². The quantitative estimate of drug-likeness (QED) is 0.106. The maximum absolute atomic E-state index is 12.7. The zero-order valence-corrected chi connectivity index (χ0v) is 32.1. The maximum atomic E-state index is 12.7. The number of hydrogen-bond acceptors (Lipinski definition) is 6. The Balaban J connectivity index is 1.23. The molecule has 0 fully saturated rings. The Bertz CT molecular complexity index is 2330. The fourth-order valence-electron chi connectivity index (χ4n) is 7.71. The van der Waals surface area contributed by atoms with Crippen molar-refractivity contribution in [3.05, 3.63) is 182 Å². The van der Waals surface area contributed by atoms with Crippen LogP contribution >= 0.6 is 0 Å². The molecule has 6 aromatic carbocycles. The van der Waals surface area contributed by atoms with Crippen molar-refractivity contribution in [3.63, 3.8) is 0 Å². The molecule has 2 heterocycles.